The van der Waals surface area contributed by atoms with Crippen molar-refractivity contribution >= 4 is 39.2 Å². The van der Waals surface area contributed by atoms with E-state index in [4.69, 9.17) is 4.42 Å². The SMILES string of the molecule is O=C(/C=C/c1ccc(-c2ccccc2)o1)Nc1nc(-c2ccc3ccccc3c2)cs1. The van der Waals surface area contributed by atoms with E-state index in [2.05, 4.69) is 34.6 Å². The number of nitrogens with one attached hydrogen (secondary N) is 1. The number of carbonyl (C=O) groups is 1. The Kier molecular flexibility index (Phi) is 5.17. The Morgan fingerprint density at radius 2 is 1.68 bits per heavy atom. The lowest BCUT2D eigenvalue weighted by atomic mass is 10.1. The van der Waals surface area contributed by atoms with Crippen LogP contribution >= 0.6 is 11.3 Å². The molecular formula is C26H18N2O2S. The van der Waals surface area contributed by atoms with E-state index in [1.54, 1.807) is 6.08 Å². The number of amides is 1. The van der Waals surface area contributed by atoms with Gasteiger partial charge in [0.25, 0.3) is 0 Å². The summed E-state index contributed by atoms with van der Waals surface area (Å²) in [6.45, 7) is 0. The number of hydrogen-bond acceptors (Lipinski definition) is 4. The Bertz CT molecular complexity index is 1380. The molecule has 1 amide bonds. The van der Waals surface area contributed by atoms with Crippen molar-refractivity contribution in [3.05, 3.63) is 102 Å². The zero-order valence-corrected chi connectivity index (χ0v) is 17.3. The maximum absolute atomic E-state index is 12.3. The van der Waals surface area contributed by atoms with Crippen LogP contribution in [0.1, 0.15) is 5.76 Å². The molecule has 0 unspecified atom stereocenters. The normalized spacial score (nSPS) is 11.2. The third kappa shape index (κ3) is 4.32. The molecule has 3 aromatic carbocycles. The summed E-state index contributed by atoms with van der Waals surface area (Å²) < 4.78 is 5.79. The van der Waals surface area contributed by atoms with Crippen molar-refractivity contribution < 1.29 is 9.21 Å². The van der Waals surface area contributed by atoms with Gasteiger partial charge in [0.05, 0.1) is 5.69 Å². The Balaban J connectivity index is 1.26. The molecule has 0 aliphatic carbocycles. The van der Waals surface area contributed by atoms with E-state index in [-0.39, 0.29) is 5.91 Å². The molecule has 2 heterocycles. The van der Waals surface area contributed by atoms with Crippen molar-refractivity contribution in [2.45, 2.75) is 0 Å². The molecule has 0 saturated carbocycles. The van der Waals surface area contributed by atoms with Gasteiger partial charge in [-0.25, -0.2) is 4.98 Å². The lowest BCUT2D eigenvalue weighted by Crippen LogP contribution is -2.07. The van der Waals surface area contributed by atoms with Crippen molar-refractivity contribution in [3.8, 4) is 22.6 Å². The number of nitrogens with zero attached hydrogens (tertiary/aromatic N) is 1. The Morgan fingerprint density at radius 1 is 0.871 bits per heavy atom. The van der Waals surface area contributed by atoms with Crippen LogP contribution < -0.4 is 5.32 Å². The molecule has 5 heteroatoms. The molecule has 0 fully saturated rings. The van der Waals surface area contributed by atoms with E-state index in [0.29, 0.717) is 10.9 Å². The number of thiazole rings is 1. The molecule has 5 aromatic rings. The number of benzene rings is 3. The zero-order valence-electron chi connectivity index (χ0n) is 16.5. The highest BCUT2D eigenvalue weighted by Gasteiger charge is 2.08. The van der Waals surface area contributed by atoms with E-state index >= 15 is 0 Å². The minimum atomic E-state index is -0.253. The van der Waals surface area contributed by atoms with E-state index < -0.39 is 0 Å². The fourth-order valence-electron chi connectivity index (χ4n) is 3.32. The van der Waals surface area contributed by atoms with Gasteiger partial charge in [-0.3, -0.25) is 10.1 Å². The van der Waals surface area contributed by atoms with E-state index in [1.165, 1.54) is 22.8 Å². The van der Waals surface area contributed by atoms with Crippen LogP contribution in [0.2, 0.25) is 0 Å². The smallest absolute Gasteiger partial charge is 0.250 e. The molecule has 0 aliphatic rings. The molecule has 0 bridgehead atoms. The van der Waals surface area contributed by atoms with Gasteiger partial charge in [0, 0.05) is 22.6 Å². The number of fused-ring (bicyclic) bond motifs is 1. The van der Waals surface area contributed by atoms with E-state index in [9.17, 15) is 4.79 Å². The second kappa shape index (κ2) is 8.42. The summed E-state index contributed by atoms with van der Waals surface area (Å²) in [4.78, 5) is 16.9. The van der Waals surface area contributed by atoms with Crippen molar-refractivity contribution in [1.29, 1.82) is 0 Å². The molecule has 150 valence electrons. The predicted molar refractivity (Wildman–Crippen MR) is 127 cm³/mol. The average molecular weight is 423 g/mol. The lowest BCUT2D eigenvalue weighted by molar-refractivity contribution is -0.111. The van der Waals surface area contributed by atoms with Crippen LogP contribution in [-0.2, 0) is 4.79 Å². The topological polar surface area (TPSA) is 55.1 Å². The Hall–Kier alpha value is -3.96. The first-order valence-corrected chi connectivity index (χ1v) is 10.7. The van der Waals surface area contributed by atoms with Crippen molar-refractivity contribution in [1.82, 2.24) is 4.98 Å². The minimum Gasteiger partial charge on any atom is -0.457 e. The van der Waals surface area contributed by atoms with Gasteiger partial charge in [0.15, 0.2) is 5.13 Å². The number of rotatable bonds is 5. The summed E-state index contributed by atoms with van der Waals surface area (Å²) in [5.74, 6) is 1.13. The number of anilines is 1. The summed E-state index contributed by atoms with van der Waals surface area (Å²) in [5, 5.41) is 7.67. The van der Waals surface area contributed by atoms with Crippen LogP contribution in [0.3, 0.4) is 0 Å². The van der Waals surface area contributed by atoms with Gasteiger partial charge in [-0.15, -0.1) is 11.3 Å². The molecule has 0 spiro atoms. The third-order valence-corrected chi connectivity index (χ3v) is 5.62. The number of aromatic nitrogens is 1. The van der Waals surface area contributed by atoms with Crippen LogP contribution in [0.4, 0.5) is 5.13 Å². The molecule has 5 rings (SSSR count). The highest BCUT2D eigenvalue weighted by molar-refractivity contribution is 7.14. The summed E-state index contributed by atoms with van der Waals surface area (Å²) in [6, 6.07) is 28.0. The summed E-state index contributed by atoms with van der Waals surface area (Å²) in [5.41, 5.74) is 2.86. The van der Waals surface area contributed by atoms with Crippen LogP contribution in [0.25, 0.3) is 39.4 Å². The second-order valence-electron chi connectivity index (χ2n) is 6.99. The molecular weight excluding hydrogens is 404 g/mol. The third-order valence-electron chi connectivity index (χ3n) is 4.86. The zero-order chi connectivity index (χ0) is 21.0. The molecule has 2 aromatic heterocycles. The van der Waals surface area contributed by atoms with Crippen LogP contribution in [0, 0.1) is 0 Å². The first-order chi connectivity index (χ1) is 15.2. The number of carbonyl (C=O) groups excluding carboxylic acids is 1. The number of hydrogen-bond donors (Lipinski definition) is 1. The fraction of sp³-hybridized carbons (Fsp3) is 0. The minimum absolute atomic E-state index is 0.253. The first kappa shape index (κ1) is 19.0. The predicted octanol–water partition coefficient (Wildman–Crippen LogP) is 6.88. The standard InChI is InChI=1S/C26H18N2O2S/c29-25(15-13-22-12-14-24(30-22)19-7-2-1-3-8-19)28-26-27-23(17-31-26)21-11-10-18-6-4-5-9-20(18)16-21/h1-17H,(H,27,28,29)/b15-13+. The quantitative estimate of drug-likeness (QED) is 0.314. The van der Waals surface area contributed by atoms with Crippen molar-refractivity contribution in [3.63, 3.8) is 0 Å². The van der Waals surface area contributed by atoms with Gasteiger partial charge in [-0.1, -0.05) is 66.7 Å². The Labute approximate surface area is 183 Å². The monoisotopic (exact) mass is 422 g/mol. The number of furan rings is 1. The maximum atomic E-state index is 12.3. The summed E-state index contributed by atoms with van der Waals surface area (Å²) in [6.07, 6.45) is 3.10. The molecule has 4 nitrogen and oxygen atoms in total. The molecule has 0 aliphatic heterocycles. The maximum Gasteiger partial charge on any atom is 0.250 e. The van der Waals surface area contributed by atoms with Gasteiger partial charge < -0.3 is 4.42 Å². The van der Waals surface area contributed by atoms with Gasteiger partial charge in [-0.05, 0) is 35.0 Å². The van der Waals surface area contributed by atoms with E-state index in [0.717, 1.165) is 28.0 Å². The van der Waals surface area contributed by atoms with Crippen LogP contribution in [0.5, 0.6) is 0 Å². The van der Waals surface area contributed by atoms with E-state index in [1.807, 2.05) is 66.0 Å². The highest BCUT2D eigenvalue weighted by Crippen LogP contribution is 2.28. The van der Waals surface area contributed by atoms with Crippen molar-refractivity contribution in [2.75, 3.05) is 5.32 Å². The second-order valence-corrected chi connectivity index (χ2v) is 7.85. The van der Waals surface area contributed by atoms with Gasteiger partial charge in [-0.2, -0.15) is 0 Å². The first-order valence-electron chi connectivity index (χ1n) is 9.84. The van der Waals surface area contributed by atoms with Crippen molar-refractivity contribution in [2.24, 2.45) is 0 Å². The molecule has 1 N–H and O–H groups in total. The molecule has 0 atom stereocenters. The summed E-state index contributed by atoms with van der Waals surface area (Å²) in [7, 11) is 0. The highest BCUT2D eigenvalue weighted by atomic mass is 32.1. The van der Waals surface area contributed by atoms with Gasteiger partial charge in [0.1, 0.15) is 11.5 Å². The molecule has 0 saturated heterocycles. The fourth-order valence-corrected chi connectivity index (χ4v) is 4.04. The van der Waals surface area contributed by atoms with Gasteiger partial charge >= 0.3 is 0 Å². The van der Waals surface area contributed by atoms with Gasteiger partial charge in [0.2, 0.25) is 5.91 Å². The molecule has 31 heavy (non-hydrogen) atoms. The molecule has 0 radical (unpaired) electrons. The summed E-state index contributed by atoms with van der Waals surface area (Å²) >= 11 is 1.40. The average Bonchev–Trinajstić information content (AvgIpc) is 3.48. The van der Waals surface area contributed by atoms with Crippen LogP contribution in [0.15, 0.2) is 101 Å². The Morgan fingerprint density at radius 3 is 2.55 bits per heavy atom. The van der Waals surface area contributed by atoms with Crippen LogP contribution in [-0.4, -0.2) is 10.9 Å². The lowest BCUT2D eigenvalue weighted by Gasteiger charge is -2.01. The largest absolute Gasteiger partial charge is 0.457 e.